The topological polar surface area (TPSA) is 9.23 Å². The monoisotopic (exact) mass is 452 g/mol. The highest BCUT2D eigenvalue weighted by atomic mass is 35.5. The van der Waals surface area contributed by atoms with Gasteiger partial charge < -0.3 is 4.74 Å². The molecule has 0 amide bonds. The van der Waals surface area contributed by atoms with Crippen LogP contribution < -0.4 is 4.74 Å². The van der Waals surface area contributed by atoms with Gasteiger partial charge in [-0.15, -0.1) is 23.2 Å². The lowest BCUT2D eigenvalue weighted by molar-refractivity contribution is 0.411. The Balaban J connectivity index is 1.95. The van der Waals surface area contributed by atoms with Crippen LogP contribution in [0, 0.1) is 0 Å². The third kappa shape index (κ3) is 3.66. The van der Waals surface area contributed by atoms with Crippen molar-refractivity contribution in [3.05, 3.63) is 76.9 Å². The minimum atomic E-state index is 0.0777. The first-order chi connectivity index (χ1) is 15.1. The average Bonchev–Trinajstić information content (AvgIpc) is 3.08. The van der Waals surface area contributed by atoms with Crippen LogP contribution in [0.3, 0.4) is 0 Å². The Bertz CT molecular complexity index is 1080. The van der Waals surface area contributed by atoms with Crippen molar-refractivity contribution in [2.75, 3.05) is 7.11 Å². The van der Waals surface area contributed by atoms with Gasteiger partial charge in [0, 0.05) is 16.9 Å². The van der Waals surface area contributed by atoms with E-state index in [0.29, 0.717) is 11.8 Å². The summed E-state index contributed by atoms with van der Waals surface area (Å²) < 4.78 is 5.54. The van der Waals surface area contributed by atoms with Gasteiger partial charge in [-0.25, -0.2) is 0 Å². The Hall–Kier alpha value is -1.96. The molecule has 0 fully saturated rings. The number of halogens is 2. The van der Waals surface area contributed by atoms with Gasteiger partial charge in [0.1, 0.15) is 5.75 Å². The number of hydrogen-bond acceptors (Lipinski definition) is 1. The zero-order valence-corrected chi connectivity index (χ0v) is 20.1. The average molecular weight is 453 g/mol. The van der Waals surface area contributed by atoms with Crippen LogP contribution in [-0.4, -0.2) is 7.11 Å². The summed E-state index contributed by atoms with van der Waals surface area (Å²) in [5.74, 6) is 1.64. The Labute approximate surface area is 196 Å². The molecular formula is C28H30Cl2O. The van der Waals surface area contributed by atoms with E-state index in [9.17, 15) is 0 Å². The van der Waals surface area contributed by atoms with Crippen molar-refractivity contribution >= 4 is 23.2 Å². The van der Waals surface area contributed by atoms with Crippen LogP contribution in [0.1, 0.15) is 61.8 Å². The molecule has 0 saturated carbocycles. The number of alkyl halides is 2. The van der Waals surface area contributed by atoms with Gasteiger partial charge in [0.2, 0.25) is 0 Å². The van der Waals surface area contributed by atoms with Crippen molar-refractivity contribution in [3.63, 3.8) is 0 Å². The van der Waals surface area contributed by atoms with Crippen molar-refractivity contribution in [2.24, 2.45) is 0 Å². The largest absolute Gasteiger partial charge is 0.496 e. The van der Waals surface area contributed by atoms with Gasteiger partial charge in [-0.3, -0.25) is 0 Å². The molecule has 0 bridgehead atoms. The van der Waals surface area contributed by atoms with Crippen LogP contribution in [0.4, 0.5) is 0 Å². The summed E-state index contributed by atoms with van der Waals surface area (Å²) in [6.07, 6.45) is 4.63. The molecule has 4 rings (SSSR count). The Morgan fingerprint density at radius 3 is 2.06 bits per heavy atom. The molecule has 0 unspecified atom stereocenters. The predicted octanol–water partition coefficient (Wildman–Crippen LogP) is 8.71. The molecular weight excluding hydrogens is 423 g/mol. The predicted molar refractivity (Wildman–Crippen MR) is 134 cm³/mol. The SMILES string of the molecule is CCCC1(CCC)c2ccccc2-c2ccc(-c3cc(CCl)c(OC)cc3CCl)cc21. The van der Waals surface area contributed by atoms with E-state index in [2.05, 4.69) is 62.4 Å². The highest BCUT2D eigenvalue weighted by Crippen LogP contribution is 2.54. The maximum Gasteiger partial charge on any atom is 0.123 e. The normalized spacial score (nSPS) is 13.7. The maximum absolute atomic E-state index is 6.36. The maximum atomic E-state index is 6.36. The van der Waals surface area contributed by atoms with Crippen molar-refractivity contribution in [2.45, 2.75) is 56.7 Å². The molecule has 3 aromatic carbocycles. The minimum absolute atomic E-state index is 0.0777. The van der Waals surface area contributed by atoms with E-state index in [-0.39, 0.29) is 5.41 Å². The second-order valence-electron chi connectivity index (χ2n) is 8.48. The zero-order valence-electron chi connectivity index (χ0n) is 18.6. The van der Waals surface area contributed by atoms with Gasteiger partial charge in [0.15, 0.2) is 0 Å². The van der Waals surface area contributed by atoms with Crippen LogP contribution >= 0.6 is 23.2 Å². The first-order valence-corrected chi connectivity index (χ1v) is 12.3. The minimum Gasteiger partial charge on any atom is -0.496 e. The number of benzene rings is 3. The lowest BCUT2D eigenvalue weighted by Gasteiger charge is -2.32. The fourth-order valence-corrected chi connectivity index (χ4v) is 5.91. The van der Waals surface area contributed by atoms with Crippen LogP contribution in [0.5, 0.6) is 5.75 Å². The van der Waals surface area contributed by atoms with Crippen LogP contribution in [0.2, 0.25) is 0 Å². The molecule has 0 N–H and O–H groups in total. The second-order valence-corrected chi connectivity index (χ2v) is 9.01. The van der Waals surface area contributed by atoms with E-state index in [4.69, 9.17) is 27.9 Å². The van der Waals surface area contributed by atoms with Gasteiger partial charge >= 0.3 is 0 Å². The third-order valence-corrected chi connectivity index (χ3v) is 7.30. The summed E-state index contributed by atoms with van der Waals surface area (Å²) in [6, 6.07) is 20.1. The standard InChI is InChI=1S/C28H30Cl2O/c1-4-12-28(13-5-2)25-9-7-6-8-22(25)23-11-10-19(15-26(23)28)24-14-21(18-30)27(31-3)16-20(24)17-29/h6-11,14-16H,4-5,12-13,17-18H2,1-3H3. The molecule has 0 saturated heterocycles. The number of rotatable bonds is 8. The first-order valence-electron chi connectivity index (χ1n) is 11.2. The van der Waals surface area contributed by atoms with Crippen LogP contribution in [-0.2, 0) is 17.2 Å². The van der Waals surface area contributed by atoms with E-state index in [1.807, 2.05) is 6.07 Å². The highest BCUT2D eigenvalue weighted by molar-refractivity contribution is 6.18. The van der Waals surface area contributed by atoms with Crippen LogP contribution in [0.15, 0.2) is 54.6 Å². The Morgan fingerprint density at radius 1 is 0.742 bits per heavy atom. The van der Waals surface area contributed by atoms with Crippen molar-refractivity contribution < 1.29 is 4.74 Å². The molecule has 0 aliphatic heterocycles. The molecule has 0 atom stereocenters. The van der Waals surface area contributed by atoms with E-state index < -0.39 is 0 Å². The van der Waals surface area contributed by atoms with E-state index in [0.717, 1.165) is 48.1 Å². The van der Waals surface area contributed by atoms with Gasteiger partial charge in [-0.1, -0.05) is 63.1 Å². The second kappa shape index (κ2) is 9.27. The molecule has 3 heteroatoms. The zero-order chi connectivity index (χ0) is 22.0. The number of fused-ring (bicyclic) bond motifs is 3. The highest BCUT2D eigenvalue weighted by Gasteiger charge is 2.41. The van der Waals surface area contributed by atoms with Crippen molar-refractivity contribution in [1.82, 2.24) is 0 Å². The number of methoxy groups -OCH3 is 1. The quantitative estimate of drug-likeness (QED) is 0.310. The molecule has 31 heavy (non-hydrogen) atoms. The lowest BCUT2D eigenvalue weighted by Crippen LogP contribution is -2.25. The molecule has 3 aromatic rings. The number of ether oxygens (including phenoxy) is 1. The van der Waals surface area contributed by atoms with Gasteiger partial charge in [-0.05, 0) is 70.0 Å². The van der Waals surface area contributed by atoms with Crippen molar-refractivity contribution in [3.8, 4) is 28.0 Å². The lowest BCUT2D eigenvalue weighted by atomic mass is 9.71. The smallest absolute Gasteiger partial charge is 0.123 e. The summed E-state index contributed by atoms with van der Waals surface area (Å²) in [6.45, 7) is 4.59. The fourth-order valence-electron chi connectivity index (χ4n) is 5.48. The molecule has 1 aliphatic rings. The van der Waals surface area contributed by atoms with Gasteiger partial charge in [0.25, 0.3) is 0 Å². The summed E-state index contributed by atoms with van der Waals surface area (Å²) in [7, 11) is 1.68. The molecule has 0 heterocycles. The Kier molecular flexibility index (Phi) is 6.65. The molecule has 0 aromatic heterocycles. The molecule has 1 aliphatic carbocycles. The summed E-state index contributed by atoms with van der Waals surface area (Å²) in [5.41, 5.74) is 10.2. The van der Waals surface area contributed by atoms with E-state index >= 15 is 0 Å². The summed E-state index contributed by atoms with van der Waals surface area (Å²) in [5, 5.41) is 0. The van der Waals surface area contributed by atoms with Crippen molar-refractivity contribution in [1.29, 1.82) is 0 Å². The molecule has 1 nitrogen and oxygen atoms in total. The molecule has 0 spiro atoms. The summed E-state index contributed by atoms with van der Waals surface area (Å²) in [4.78, 5) is 0. The van der Waals surface area contributed by atoms with E-state index in [1.54, 1.807) is 7.11 Å². The first kappa shape index (κ1) is 22.2. The molecule has 162 valence electrons. The van der Waals surface area contributed by atoms with Crippen LogP contribution in [0.25, 0.3) is 22.3 Å². The summed E-state index contributed by atoms with van der Waals surface area (Å²) >= 11 is 12.6. The number of hydrogen-bond donors (Lipinski definition) is 0. The van der Waals surface area contributed by atoms with Gasteiger partial charge in [-0.2, -0.15) is 0 Å². The Morgan fingerprint density at radius 2 is 1.42 bits per heavy atom. The molecule has 0 radical (unpaired) electrons. The van der Waals surface area contributed by atoms with Gasteiger partial charge in [0.05, 0.1) is 13.0 Å². The third-order valence-electron chi connectivity index (χ3n) is 6.73. The van der Waals surface area contributed by atoms with E-state index in [1.165, 1.54) is 27.8 Å². The fraction of sp³-hybridized carbons (Fsp3) is 0.357.